The highest BCUT2D eigenvalue weighted by Crippen LogP contribution is 2.08. The van der Waals surface area contributed by atoms with Gasteiger partial charge in [0.2, 0.25) is 5.91 Å². The molecule has 2 aromatic rings. The van der Waals surface area contributed by atoms with Gasteiger partial charge in [-0.2, -0.15) is 5.10 Å². The summed E-state index contributed by atoms with van der Waals surface area (Å²) in [4.78, 5) is 28.0. The molecule has 0 fully saturated rings. The molecule has 7 nitrogen and oxygen atoms in total. The Morgan fingerprint density at radius 2 is 2.00 bits per heavy atom. The van der Waals surface area contributed by atoms with Gasteiger partial charge in [-0.1, -0.05) is 25.1 Å². The van der Waals surface area contributed by atoms with Gasteiger partial charge in [-0.15, -0.1) is 0 Å². The van der Waals surface area contributed by atoms with Crippen molar-refractivity contribution in [2.24, 2.45) is 0 Å². The second kappa shape index (κ2) is 8.07. The molecule has 0 bridgehead atoms. The molecular weight excluding hydrogens is 294 g/mol. The smallest absolute Gasteiger partial charge is 0.251 e. The van der Waals surface area contributed by atoms with E-state index in [1.165, 1.54) is 6.33 Å². The lowest BCUT2D eigenvalue weighted by molar-refractivity contribution is -0.120. The number of carbonyl (C=O) groups is 2. The molecule has 0 radical (unpaired) electrons. The van der Waals surface area contributed by atoms with Crippen LogP contribution < -0.4 is 10.6 Å². The van der Waals surface area contributed by atoms with Crippen LogP contribution in [0.15, 0.2) is 36.7 Å². The zero-order chi connectivity index (χ0) is 16.7. The van der Waals surface area contributed by atoms with Crippen molar-refractivity contribution in [1.82, 2.24) is 25.4 Å². The number of aryl methyl sites for hydroxylation is 1. The maximum absolute atomic E-state index is 12.0. The van der Waals surface area contributed by atoms with Crippen molar-refractivity contribution in [2.75, 3.05) is 6.54 Å². The van der Waals surface area contributed by atoms with E-state index in [1.807, 2.05) is 19.9 Å². The highest BCUT2D eigenvalue weighted by atomic mass is 16.2. The Kier molecular flexibility index (Phi) is 5.85. The third kappa shape index (κ3) is 4.64. The number of nitrogens with zero attached hydrogens (tertiary/aromatic N) is 3. The van der Waals surface area contributed by atoms with E-state index in [4.69, 9.17) is 0 Å². The standard InChI is InChI=1S/C16H21N5O2/c1-3-9-21-15(18-11-19-21)12(2)20-14(22)10-17-16(23)13-7-5-4-6-8-13/h4-8,11-12H,3,9-10H2,1-2H3,(H,17,23)(H,20,22). The maximum atomic E-state index is 12.0. The van der Waals surface area contributed by atoms with Crippen LogP contribution in [0.3, 0.4) is 0 Å². The van der Waals surface area contributed by atoms with Gasteiger partial charge in [0.15, 0.2) is 0 Å². The van der Waals surface area contributed by atoms with Crippen LogP contribution in [0, 0.1) is 0 Å². The Morgan fingerprint density at radius 1 is 1.26 bits per heavy atom. The molecule has 2 N–H and O–H groups in total. The summed E-state index contributed by atoms with van der Waals surface area (Å²) in [7, 11) is 0. The van der Waals surface area contributed by atoms with Crippen LogP contribution in [0.4, 0.5) is 0 Å². The van der Waals surface area contributed by atoms with E-state index in [0.717, 1.165) is 13.0 Å². The maximum Gasteiger partial charge on any atom is 0.251 e. The van der Waals surface area contributed by atoms with E-state index >= 15 is 0 Å². The van der Waals surface area contributed by atoms with Crippen molar-refractivity contribution in [2.45, 2.75) is 32.9 Å². The first-order valence-corrected chi connectivity index (χ1v) is 7.62. The molecule has 122 valence electrons. The van der Waals surface area contributed by atoms with Crippen LogP contribution in [0.5, 0.6) is 0 Å². The number of hydrogen-bond acceptors (Lipinski definition) is 4. The minimum Gasteiger partial charge on any atom is -0.345 e. The summed E-state index contributed by atoms with van der Waals surface area (Å²) in [5.41, 5.74) is 0.524. The lowest BCUT2D eigenvalue weighted by Gasteiger charge is -2.14. The highest BCUT2D eigenvalue weighted by Gasteiger charge is 2.16. The minimum atomic E-state index is -0.275. The molecule has 0 aliphatic carbocycles. The summed E-state index contributed by atoms with van der Waals surface area (Å²) in [6.07, 6.45) is 2.41. The molecule has 0 saturated heterocycles. The van der Waals surface area contributed by atoms with Crippen LogP contribution in [0.25, 0.3) is 0 Å². The van der Waals surface area contributed by atoms with Crippen LogP contribution in [0.1, 0.15) is 42.5 Å². The van der Waals surface area contributed by atoms with Crippen LogP contribution in [0.2, 0.25) is 0 Å². The lowest BCUT2D eigenvalue weighted by atomic mass is 10.2. The van der Waals surface area contributed by atoms with Crippen molar-refractivity contribution in [3.05, 3.63) is 48.0 Å². The van der Waals surface area contributed by atoms with Crippen LogP contribution in [-0.2, 0) is 11.3 Å². The fourth-order valence-electron chi connectivity index (χ4n) is 2.20. The molecule has 23 heavy (non-hydrogen) atoms. The van der Waals surface area contributed by atoms with Crippen molar-refractivity contribution >= 4 is 11.8 Å². The molecule has 0 saturated carbocycles. The van der Waals surface area contributed by atoms with E-state index in [9.17, 15) is 9.59 Å². The number of rotatable bonds is 7. The second-order valence-corrected chi connectivity index (χ2v) is 5.18. The summed E-state index contributed by atoms with van der Waals surface area (Å²) < 4.78 is 1.77. The van der Waals surface area contributed by atoms with Crippen LogP contribution >= 0.6 is 0 Å². The summed E-state index contributed by atoms with van der Waals surface area (Å²) in [6, 6.07) is 8.50. The summed E-state index contributed by atoms with van der Waals surface area (Å²) >= 11 is 0. The monoisotopic (exact) mass is 315 g/mol. The van der Waals surface area contributed by atoms with Gasteiger partial charge in [0.25, 0.3) is 5.91 Å². The van der Waals surface area contributed by atoms with E-state index in [1.54, 1.807) is 28.9 Å². The number of aromatic nitrogens is 3. The van der Waals surface area contributed by atoms with Gasteiger partial charge >= 0.3 is 0 Å². The third-order valence-electron chi connectivity index (χ3n) is 3.29. The molecule has 0 aliphatic rings. The fourth-order valence-corrected chi connectivity index (χ4v) is 2.20. The molecule has 1 atom stereocenters. The molecule has 2 amide bonds. The van der Waals surface area contributed by atoms with Gasteiger partial charge in [-0.25, -0.2) is 9.67 Å². The number of carbonyl (C=O) groups excluding carboxylic acids is 2. The Morgan fingerprint density at radius 3 is 2.70 bits per heavy atom. The molecule has 1 aromatic carbocycles. The Balaban J connectivity index is 1.84. The summed E-state index contributed by atoms with van der Waals surface area (Å²) in [6.45, 7) is 4.56. The number of nitrogens with one attached hydrogen (secondary N) is 2. The molecule has 1 unspecified atom stereocenters. The topological polar surface area (TPSA) is 88.9 Å². The highest BCUT2D eigenvalue weighted by molar-refractivity contribution is 5.96. The van der Waals surface area contributed by atoms with Crippen molar-refractivity contribution in [3.63, 3.8) is 0 Å². The second-order valence-electron chi connectivity index (χ2n) is 5.18. The number of hydrogen-bond donors (Lipinski definition) is 2. The molecule has 7 heteroatoms. The predicted molar refractivity (Wildman–Crippen MR) is 85.6 cm³/mol. The Labute approximate surface area is 135 Å². The van der Waals surface area contributed by atoms with Gasteiger partial charge in [-0.3, -0.25) is 9.59 Å². The van der Waals surface area contributed by atoms with Crippen molar-refractivity contribution in [3.8, 4) is 0 Å². The number of amides is 2. The third-order valence-corrected chi connectivity index (χ3v) is 3.29. The molecule has 0 spiro atoms. The quantitative estimate of drug-likeness (QED) is 0.806. The van der Waals surface area contributed by atoms with Gasteiger partial charge in [0.05, 0.1) is 12.6 Å². The van der Waals surface area contributed by atoms with Gasteiger partial charge in [0, 0.05) is 12.1 Å². The van der Waals surface area contributed by atoms with E-state index in [2.05, 4.69) is 20.7 Å². The van der Waals surface area contributed by atoms with Crippen LogP contribution in [-0.4, -0.2) is 33.1 Å². The summed E-state index contributed by atoms with van der Waals surface area (Å²) in [5.74, 6) is 0.157. The SMILES string of the molecule is CCCn1ncnc1C(C)NC(=O)CNC(=O)c1ccccc1. The molecule has 1 aromatic heterocycles. The lowest BCUT2D eigenvalue weighted by Crippen LogP contribution is -2.38. The molecule has 2 rings (SSSR count). The number of benzene rings is 1. The van der Waals surface area contributed by atoms with E-state index < -0.39 is 0 Å². The Bertz CT molecular complexity index is 654. The summed E-state index contributed by atoms with van der Waals surface area (Å²) in [5, 5.41) is 9.54. The average molecular weight is 315 g/mol. The predicted octanol–water partition coefficient (Wildman–Crippen LogP) is 1.30. The van der Waals surface area contributed by atoms with Crippen molar-refractivity contribution in [1.29, 1.82) is 0 Å². The van der Waals surface area contributed by atoms with Gasteiger partial charge in [-0.05, 0) is 25.5 Å². The largest absolute Gasteiger partial charge is 0.345 e. The molecule has 1 heterocycles. The van der Waals surface area contributed by atoms with Crippen molar-refractivity contribution < 1.29 is 9.59 Å². The normalized spacial score (nSPS) is 11.7. The van der Waals surface area contributed by atoms with Gasteiger partial charge < -0.3 is 10.6 Å². The Hall–Kier alpha value is -2.70. The first-order valence-electron chi connectivity index (χ1n) is 7.62. The van der Waals surface area contributed by atoms with E-state index in [0.29, 0.717) is 11.4 Å². The van der Waals surface area contributed by atoms with E-state index in [-0.39, 0.29) is 24.4 Å². The molecule has 0 aliphatic heterocycles. The minimum absolute atomic E-state index is 0.0834. The first-order chi connectivity index (χ1) is 11.1. The zero-order valence-corrected chi connectivity index (χ0v) is 13.3. The fraction of sp³-hybridized carbons (Fsp3) is 0.375. The zero-order valence-electron chi connectivity index (χ0n) is 13.3. The molecular formula is C16H21N5O2. The average Bonchev–Trinajstić information content (AvgIpc) is 3.02. The van der Waals surface area contributed by atoms with Gasteiger partial charge in [0.1, 0.15) is 12.2 Å². The first kappa shape index (κ1) is 16.7.